The number of nitrogens with zero attached hydrogens (tertiary/aromatic N) is 2. The van der Waals surface area contributed by atoms with Crippen molar-refractivity contribution in [3.05, 3.63) is 21.7 Å². The summed E-state index contributed by atoms with van der Waals surface area (Å²) in [6.45, 7) is 2.75. The van der Waals surface area contributed by atoms with Gasteiger partial charge in [-0.3, -0.25) is 4.79 Å². The third kappa shape index (κ3) is 3.21. The number of halogens is 1. The molecule has 1 aromatic rings. The van der Waals surface area contributed by atoms with Crippen LogP contribution in [-0.4, -0.2) is 41.5 Å². The molecular formula is C9H15ClN4O. The number of hydrogen-bond donors (Lipinski definition) is 2. The number of hydrogen-bond acceptors (Lipinski definition) is 4. The molecule has 1 aromatic heterocycles. The molecule has 1 heterocycles. The molecule has 1 atom stereocenters. The van der Waals surface area contributed by atoms with Crippen LogP contribution in [0.1, 0.15) is 6.92 Å². The highest BCUT2D eigenvalue weighted by atomic mass is 35.5. The molecule has 0 aliphatic heterocycles. The molecule has 0 bridgehead atoms. The van der Waals surface area contributed by atoms with Crippen LogP contribution in [0.4, 0.5) is 5.82 Å². The van der Waals surface area contributed by atoms with Crippen molar-refractivity contribution in [1.29, 1.82) is 0 Å². The third-order valence-corrected chi connectivity index (χ3v) is 2.59. The molecule has 6 heteroatoms. The van der Waals surface area contributed by atoms with Crippen LogP contribution in [0.25, 0.3) is 0 Å². The molecule has 1 rings (SSSR count). The molecule has 15 heavy (non-hydrogen) atoms. The van der Waals surface area contributed by atoms with Gasteiger partial charge < -0.3 is 15.2 Å². The lowest BCUT2D eigenvalue weighted by molar-refractivity contribution is 0.326. The van der Waals surface area contributed by atoms with E-state index in [4.69, 9.17) is 11.6 Å². The minimum Gasteiger partial charge on any atom is -0.367 e. The summed E-state index contributed by atoms with van der Waals surface area (Å²) in [5.74, 6) is 0.425. The Bertz CT molecular complexity index is 377. The third-order valence-electron chi connectivity index (χ3n) is 2.24. The molecule has 0 aliphatic carbocycles. The Hall–Kier alpha value is -1.07. The SMILES string of the molecule is CC(CNc1nc[nH]c(=O)c1Cl)N(C)C. The standard InChI is InChI=1S/C9H15ClN4O/c1-6(14(2)3)4-11-8-7(10)9(15)13-5-12-8/h5-6H,4H2,1-3H3,(H2,11,12,13,15). The van der Waals surface area contributed by atoms with Gasteiger partial charge in [0.2, 0.25) is 0 Å². The first-order valence-electron chi connectivity index (χ1n) is 4.66. The van der Waals surface area contributed by atoms with Crippen molar-refractivity contribution < 1.29 is 0 Å². The van der Waals surface area contributed by atoms with Gasteiger partial charge in [0.05, 0.1) is 6.33 Å². The van der Waals surface area contributed by atoms with Gasteiger partial charge >= 0.3 is 0 Å². The van der Waals surface area contributed by atoms with Crippen molar-refractivity contribution in [1.82, 2.24) is 14.9 Å². The summed E-state index contributed by atoms with van der Waals surface area (Å²) in [7, 11) is 3.97. The van der Waals surface area contributed by atoms with E-state index in [-0.39, 0.29) is 10.6 Å². The molecule has 0 aliphatic rings. The first-order valence-corrected chi connectivity index (χ1v) is 5.03. The van der Waals surface area contributed by atoms with Gasteiger partial charge in [0, 0.05) is 12.6 Å². The average Bonchev–Trinajstić information content (AvgIpc) is 2.19. The maximum Gasteiger partial charge on any atom is 0.271 e. The summed E-state index contributed by atoms with van der Waals surface area (Å²) >= 11 is 5.77. The molecule has 2 N–H and O–H groups in total. The molecule has 0 radical (unpaired) electrons. The zero-order chi connectivity index (χ0) is 11.4. The van der Waals surface area contributed by atoms with E-state index in [1.165, 1.54) is 6.33 Å². The molecule has 1 unspecified atom stereocenters. The highest BCUT2D eigenvalue weighted by molar-refractivity contribution is 6.32. The highest BCUT2D eigenvalue weighted by Gasteiger charge is 2.08. The maximum atomic E-state index is 11.1. The lowest BCUT2D eigenvalue weighted by Gasteiger charge is -2.20. The van der Waals surface area contributed by atoms with Crippen LogP contribution in [0.5, 0.6) is 0 Å². The van der Waals surface area contributed by atoms with Crippen molar-refractivity contribution in [2.24, 2.45) is 0 Å². The van der Waals surface area contributed by atoms with Crippen LogP contribution in [0, 0.1) is 0 Å². The van der Waals surface area contributed by atoms with Gasteiger partial charge in [-0.1, -0.05) is 11.6 Å². The Morgan fingerprint density at radius 3 is 2.93 bits per heavy atom. The summed E-state index contributed by atoms with van der Waals surface area (Å²) in [4.78, 5) is 19.6. The van der Waals surface area contributed by atoms with Crippen LogP contribution in [0.3, 0.4) is 0 Å². The van der Waals surface area contributed by atoms with Gasteiger partial charge in [0.25, 0.3) is 5.56 Å². The molecule has 5 nitrogen and oxygen atoms in total. The molecule has 84 valence electrons. The smallest absolute Gasteiger partial charge is 0.271 e. The maximum absolute atomic E-state index is 11.1. The Morgan fingerprint density at radius 1 is 1.67 bits per heavy atom. The van der Waals surface area contributed by atoms with Crippen molar-refractivity contribution in [2.45, 2.75) is 13.0 Å². The average molecular weight is 231 g/mol. The predicted octanol–water partition coefficient (Wildman–Crippen LogP) is 0.785. The molecule has 0 spiro atoms. The van der Waals surface area contributed by atoms with Crippen LogP contribution >= 0.6 is 11.6 Å². The quantitative estimate of drug-likeness (QED) is 0.803. The van der Waals surface area contributed by atoms with E-state index in [1.54, 1.807) is 0 Å². The second-order valence-corrected chi connectivity index (χ2v) is 3.97. The number of likely N-dealkylation sites (N-methyl/N-ethyl adjacent to an activating group) is 1. The van der Waals surface area contributed by atoms with Gasteiger partial charge in [0.15, 0.2) is 5.82 Å². The number of aromatic amines is 1. The summed E-state index contributed by atoms with van der Waals surface area (Å²) in [5, 5.41) is 3.13. The lowest BCUT2D eigenvalue weighted by atomic mass is 10.3. The van der Waals surface area contributed by atoms with Crippen molar-refractivity contribution in [2.75, 3.05) is 26.0 Å². The van der Waals surface area contributed by atoms with Gasteiger partial charge in [-0.25, -0.2) is 4.98 Å². The fourth-order valence-electron chi connectivity index (χ4n) is 0.933. The first-order chi connectivity index (χ1) is 7.02. The Labute approximate surface area is 93.5 Å². The van der Waals surface area contributed by atoms with E-state index in [2.05, 4.69) is 27.1 Å². The van der Waals surface area contributed by atoms with E-state index in [0.29, 0.717) is 18.4 Å². The predicted molar refractivity (Wildman–Crippen MR) is 61.5 cm³/mol. The second-order valence-electron chi connectivity index (χ2n) is 3.59. The Balaban J connectivity index is 2.66. The van der Waals surface area contributed by atoms with Crippen molar-refractivity contribution >= 4 is 17.4 Å². The highest BCUT2D eigenvalue weighted by Crippen LogP contribution is 2.11. The summed E-state index contributed by atoms with van der Waals surface area (Å²) in [5.41, 5.74) is -0.327. The van der Waals surface area contributed by atoms with E-state index >= 15 is 0 Å². The van der Waals surface area contributed by atoms with E-state index in [9.17, 15) is 4.79 Å². The fourth-order valence-corrected chi connectivity index (χ4v) is 1.10. The van der Waals surface area contributed by atoms with Gasteiger partial charge in [0.1, 0.15) is 5.02 Å². The van der Waals surface area contributed by atoms with Crippen LogP contribution in [-0.2, 0) is 0 Å². The lowest BCUT2D eigenvalue weighted by Crippen LogP contribution is -2.32. The largest absolute Gasteiger partial charge is 0.367 e. The van der Waals surface area contributed by atoms with Gasteiger partial charge in [-0.15, -0.1) is 0 Å². The Morgan fingerprint density at radius 2 is 2.33 bits per heavy atom. The fraction of sp³-hybridized carbons (Fsp3) is 0.556. The van der Waals surface area contributed by atoms with Crippen molar-refractivity contribution in [3.63, 3.8) is 0 Å². The molecule has 0 aromatic carbocycles. The second kappa shape index (κ2) is 5.14. The molecule has 0 saturated carbocycles. The first kappa shape index (κ1) is 12.0. The van der Waals surface area contributed by atoms with Crippen LogP contribution < -0.4 is 10.9 Å². The number of nitrogens with one attached hydrogen (secondary N) is 2. The summed E-state index contributed by atoms with van der Waals surface area (Å²) < 4.78 is 0. The number of H-pyrrole nitrogens is 1. The summed E-state index contributed by atoms with van der Waals surface area (Å²) in [6, 6.07) is 0.335. The Kier molecular flexibility index (Phi) is 4.11. The van der Waals surface area contributed by atoms with Gasteiger partial charge in [-0.05, 0) is 21.0 Å². The molecule has 0 fully saturated rings. The topological polar surface area (TPSA) is 61.0 Å². The number of anilines is 1. The monoisotopic (exact) mass is 230 g/mol. The van der Waals surface area contributed by atoms with Gasteiger partial charge in [-0.2, -0.15) is 0 Å². The summed E-state index contributed by atoms with van der Waals surface area (Å²) in [6.07, 6.45) is 1.33. The zero-order valence-corrected chi connectivity index (χ0v) is 9.80. The van der Waals surface area contributed by atoms with E-state index < -0.39 is 0 Å². The van der Waals surface area contributed by atoms with Crippen molar-refractivity contribution in [3.8, 4) is 0 Å². The molecular weight excluding hydrogens is 216 g/mol. The molecule has 0 saturated heterocycles. The van der Waals surface area contributed by atoms with Crippen LogP contribution in [0.15, 0.2) is 11.1 Å². The minimum absolute atomic E-state index is 0.100. The minimum atomic E-state index is -0.327. The zero-order valence-electron chi connectivity index (χ0n) is 9.04. The van der Waals surface area contributed by atoms with Crippen LogP contribution in [0.2, 0.25) is 5.02 Å². The number of aromatic nitrogens is 2. The molecule has 0 amide bonds. The normalized spacial score (nSPS) is 12.9. The van der Waals surface area contributed by atoms with E-state index in [0.717, 1.165) is 0 Å². The number of rotatable bonds is 4. The van der Waals surface area contributed by atoms with E-state index in [1.807, 2.05) is 14.1 Å².